The van der Waals surface area contributed by atoms with E-state index in [4.69, 9.17) is 4.74 Å². The highest BCUT2D eigenvalue weighted by atomic mass is 16.5. The van der Waals surface area contributed by atoms with Gasteiger partial charge in [-0.2, -0.15) is 0 Å². The summed E-state index contributed by atoms with van der Waals surface area (Å²) in [6, 6.07) is 15.6. The molecule has 1 amide bonds. The van der Waals surface area contributed by atoms with Crippen molar-refractivity contribution in [3.05, 3.63) is 78.4 Å². The van der Waals surface area contributed by atoms with Gasteiger partial charge in [-0.1, -0.05) is 29.8 Å². The Kier molecular flexibility index (Phi) is 5.14. The molecule has 0 aliphatic carbocycles. The van der Waals surface area contributed by atoms with Crippen LogP contribution in [0.3, 0.4) is 0 Å². The molecule has 1 aromatic heterocycles. The average molecular weight is 335 g/mol. The van der Waals surface area contributed by atoms with E-state index in [-0.39, 0.29) is 18.6 Å². The molecule has 5 nitrogen and oxygen atoms in total. The van der Waals surface area contributed by atoms with Crippen LogP contribution >= 0.6 is 0 Å². The molecule has 3 rings (SSSR count). The maximum atomic E-state index is 12.1. The van der Waals surface area contributed by atoms with Crippen molar-refractivity contribution in [3.63, 3.8) is 0 Å². The summed E-state index contributed by atoms with van der Waals surface area (Å²) in [5.41, 5.74) is 3.22. The Morgan fingerprint density at radius 1 is 1.16 bits per heavy atom. The summed E-state index contributed by atoms with van der Waals surface area (Å²) in [6.45, 7) is 3.97. The first kappa shape index (κ1) is 16.8. The maximum Gasteiger partial charge on any atom is 0.258 e. The Morgan fingerprint density at radius 2 is 1.88 bits per heavy atom. The van der Waals surface area contributed by atoms with Gasteiger partial charge in [0, 0.05) is 18.1 Å². The standard InChI is InChI=1S/C20H21N3O2/c1-15-3-9-19(10-4-15)25-13-20(24)22-16(2)17-5-7-18(8-6-17)23-12-11-21-14-23/h3-12,14,16H,13H2,1-2H3,(H,22,24)/t16-/m0/s1. The smallest absolute Gasteiger partial charge is 0.258 e. The number of rotatable bonds is 6. The number of aromatic nitrogens is 2. The molecule has 0 radical (unpaired) electrons. The summed E-state index contributed by atoms with van der Waals surface area (Å²) in [6.07, 6.45) is 5.38. The summed E-state index contributed by atoms with van der Waals surface area (Å²) >= 11 is 0. The lowest BCUT2D eigenvalue weighted by Crippen LogP contribution is -2.31. The number of ether oxygens (including phenoxy) is 1. The van der Waals surface area contributed by atoms with E-state index in [1.54, 1.807) is 12.5 Å². The van der Waals surface area contributed by atoms with E-state index in [1.807, 2.05) is 73.1 Å². The third kappa shape index (κ3) is 4.47. The molecule has 1 heterocycles. The number of carbonyl (C=O) groups is 1. The Balaban J connectivity index is 1.53. The molecule has 1 N–H and O–H groups in total. The van der Waals surface area contributed by atoms with Gasteiger partial charge in [0.05, 0.1) is 12.4 Å². The molecule has 0 saturated heterocycles. The quantitative estimate of drug-likeness (QED) is 0.751. The zero-order valence-electron chi connectivity index (χ0n) is 14.3. The molecule has 0 spiro atoms. The van der Waals surface area contributed by atoms with Crippen LogP contribution in [-0.4, -0.2) is 22.1 Å². The number of amides is 1. The zero-order valence-corrected chi connectivity index (χ0v) is 14.3. The van der Waals surface area contributed by atoms with Crippen molar-refractivity contribution < 1.29 is 9.53 Å². The highest BCUT2D eigenvalue weighted by molar-refractivity contribution is 5.78. The molecular formula is C20H21N3O2. The fourth-order valence-corrected chi connectivity index (χ4v) is 2.50. The molecule has 0 aliphatic heterocycles. The number of benzene rings is 2. The number of hydrogen-bond donors (Lipinski definition) is 1. The normalized spacial score (nSPS) is 11.8. The summed E-state index contributed by atoms with van der Waals surface area (Å²) in [4.78, 5) is 16.1. The van der Waals surface area contributed by atoms with Gasteiger partial charge in [-0.05, 0) is 43.7 Å². The van der Waals surface area contributed by atoms with E-state index in [2.05, 4.69) is 10.3 Å². The lowest BCUT2D eigenvalue weighted by Gasteiger charge is -2.15. The van der Waals surface area contributed by atoms with Crippen molar-refractivity contribution >= 4 is 5.91 Å². The van der Waals surface area contributed by atoms with E-state index < -0.39 is 0 Å². The topological polar surface area (TPSA) is 56.1 Å². The van der Waals surface area contributed by atoms with Gasteiger partial charge in [-0.3, -0.25) is 4.79 Å². The van der Waals surface area contributed by atoms with Crippen LogP contribution in [0.1, 0.15) is 24.1 Å². The summed E-state index contributed by atoms with van der Waals surface area (Å²) in [5, 5.41) is 2.95. The average Bonchev–Trinajstić information content (AvgIpc) is 3.16. The van der Waals surface area contributed by atoms with Gasteiger partial charge in [-0.15, -0.1) is 0 Å². The predicted molar refractivity (Wildman–Crippen MR) is 96.8 cm³/mol. The number of hydrogen-bond acceptors (Lipinski definition) is 3. The molecule has 0 bridgehead atoms. The van der Waals surface area contributed by atoms with Crippen molar-refractivity contribution in [2.75, 3.05) is 6.61 Å². The van der Waals surface area contributed by atoms with Crippen molar-refractivity contribution in [1.82, 2.24) is 14.9 Å². The first-order valence-corrected chi connectivity index (χ1v) is 8.19. The lowest BCUT2D eigenvalue weighted by molar-refractivity contribution is -0.123. The van der Waals surface area contributed by atoms with E-state index in [1.165, 1.54) is 0 Å². The highest BCUT2D eigenvalue weighted by Gasteiger charge is 2.10. The minimum Gasteiger partial charge on any atom is -0.484 e. The number of nitrogens with zero attached hydrogens (tertiary/aromatic N) is 2. The summed E-state index contributed by atoms with van der Waals surface area (Å²) < 4.78 is 7.44. The molecule has 3 aromatic rings. The van der Waals surface area contributed by atoms with E-state index in [0.29, 0.717) is 5.75 Å². The monoisotopic (exact) mass is 335 g/mol. The third-order valence-electron chi connectivity index (χ3n) is 3.96. The number of aryl methyl sites for hydroxylation is 1. The van der Waals surface area contributed by atoms with E-state index in [0.717, 1.165) is 16.8 Å². The minimum atomic E-state index is -0.147. The Bertz CT molecular complexity index is 809. The van der Waals surface area contributed by atoms with Gasteiger partial charge in [-0.25, -0.2) is 4.98 Å². The van der Waals surface area contributed by atoms with Gasteiger partial charge in [0.25, 0.3) is 5.91 Å². The predicted octanol–water partition coefficient (Wildman–Crippen LogP) is 3.44. The molecule has 25 heavy (non-hydrogen) atoms. The van der Waals surface area contributed by atoms with Crippen LogP contribution < -0.4 is 10.1 Å². The van der Waals surface area contributed by atoms with Crippen molar-refractivity contribution in [3.8, 4) is 11.4 Å². The second kappa shape index (κ2) is 7.66. The van der Waals surface area contributed by atoms with Gasteiger partial charge < -0.3 is 14.6 Å². The maximum absolute atomic E-state index is 12.1. The van der Waals surface area contributed by atoms with Gasteiger partial charge >= 0.3 is 0 Å². The van der Waals surface area contributed by atoms with E-state index in [9.17, 15) is 4.79 Å². The van der Waals surface area contributed by atoms with Crippen LogP contribution in [-0.2, 0) is 4.79 Å². The second-order valence-electron chi connectivity index (χ2n) is 5.95. The van der Waals surface area contributed by atoms with Gasteiger partial charge in [0.1, 0.15) is 5.75 Å². The molecule has 5 heteroatoms. The van der Waals surface area contributed by atoms with Crippen molar-refractivity contribution in [2.24, 2.45) is 0 Å². The number of nitrogens with one attached hydrogen (secondary N) is 1. The van der Waals surface area contributed by atoms with Gasteiger partial charge in [0.15, 0.2) is 6.61 Å². The lowest BCUT2D eigenvalue weighted by atomic mass is 10.1. The second-order valence-corrected chi connectivity index (χ2v) is 5.95. The van der Waals surface area contributed by atoms with Crippen LogP contribution in [0, 0.1) is 6.92 Å². The third-order valence-corrected chi connectivity index (χ3v) is 3.96. The first-order valence-electron chi connectivity index (χ1n) is 8.19. The molecule has 0 unspecified atom stereocenters. The molecule has 128 valence electrons. The summed E-state index contributed by atoms with van der Waals surface area (Å²) in [7, 11) is 0. The molecule has 2 aromatic carbocycles. The first-order chi connectivity index (χ1) is 12.1. The summed E-state index contributed by atoms with van der Waals surface area (Å²) in [5.74, 6) is 0.546. The highest BCUT2D eigenvalue weighted by Crippen LogP contribution is 2.16. The van der Waals surface area contributed by atoms with Crippen molar-refractivity contribution in [1.29, 1.82) is 0 Å². The Morgan fingerprint density at radius 3 is 2.52 bits per heavy atom. The van der Waals surface area contributed by atoms with Crippen LogP contribution in [0.25, 0.3) is 5.69 Å². The minimum absolute atomic E-state index is 0.000517. The Hall–Kier alpha value is -3.08. The number of imidazole rings is 1. The van der Waals surface area contributed by atoms with Crippen LogP contribution in [0.5, 0.6) is 5.75 Å². The largest absolute Gasteiger partial charge is 0.484 e. The van der Waals surface area contributed by atoms with Crippen molar-refractivity contribution in [2.45, 2.75) is 19.9 Å². The van der Waals surface area contributed by atoms with Crippen LogP contribution in [0.2, 0.25) is 0 Å². The van der Waals surface area contributed by atoms with E-state index >= 15 is 0 Å². The fourth-order valence-electron chi connectivity index (χ4n) is 2.50. The SMILES string of the molecule is Cc1ccc(OCC(=O)N[C@@H](C)c2ccc(-n3ccnc3)cc2)cc1. The number of carbonyl (C=O) groups excluding carboxylic acids is 1. The van der Waals surface area contributed by atoms with Crippen LogP contribution in [0.15, 0.2) is 67.3 Å². The zero-order chi connectivity index (χ0) is 17.6. The van der Waals surface area contributed by atoms with Gasteiger partial charge in [0.2, 0.25) is 0 Å². The molecular weight excluding hydrogens is 314 g/mol. The fraction of sp³-hybridized carbons (Fsp3) is 0.200. The molecule has 0 saturated carbocycles. The molecule has 0 aliphatic rings. The van der Waals surface area contributed by atoms with Crippen LogP contribution in [0.4, 0.5) is 0 Å². The molecule has 1 atom stereocenters. The molecule has 0 fully saturated rings. The Labute approximate surface area is 147 Å².